The summed E-state index contributed by atoms with van der Waals surface area (Å²) in [5, 5.41) is 6.81. The summed E-state index contributed by atoms with van der Waals surface area (Å²) in [6.07, 6.45) is 1.25. The van der Waals surface area contributed by atoms with Crippen LogP contribution in [0.4, 0.5) is 0 Å². The highest BCUT2D eigenvalue weighted by Gasteiger charge is 2.29. The van der Waals surface area contributed by atoms with Crippen molar-refractivity contribution in [3.63, 3.8) is 0 Å². The molecule has 0 saturated carbocycles. The van der Waals surface area contributed by atoms with Crippen LogP contribution in [0.3, 0.4) is 0 Å². The van der Waals surface area contributed by atoms with Gasteiger partial charge in [-0.25, -0.2) is 8.42 Å². The average molecular weight is 499 g/mol. The average Bonchev–Trinajstić information content (AvgIpc) is 2.50. The molecule has 0 aromatic heterocycles. The first kappa shape index (κ1) is 24.5. The highest BCUT2D eigenvalue weighted by atomic mass is 127. The van der Waals surface area contributed by atoms with Crippen molar-refractivity contribution in [3.8, 4) is 0 Å². The second kappa shape index (κ2) is 11.3. The van der Waals surface area contributed by atoms with Crippen LogP contribution < -0.4 is 10.6 Å². The minimum absolute atomic E-state index is 0. The molecule has 0 fully saturated rings. The Labute approximate surface area is 173 Å². The summed E-state index contributed by atoms with van der Waals surface area (Å²) in [6.45, 7) is 9.22. The summed E-state index contributed by atoms with van der Waals surface area (Å²) in [5.41, 5.74) is 0. The number of sulfone groups is 1. The van der Waals surface area contributed by atoms with E-state index in [0.29, 0.717) is 11.2 Å². The van der Waals surface area contributed by atoms with Crippen LogP contribution in [0.25, 0.3) is 0 Å². The Morgan fingerprint density at radius 2 is 1.84 bits per heavy atom. The van der Waals surface area contributed by atoms with E-state index in [0.717, 1.165) is 13.1 Å². The molecular formula is C17H30IN3O2S2. The van der Waals surface area contributed by atoms with Crippen molar-refractivity contribution in [2.45, 2.75) is 42.6 Å². The van der Waals surface area contributed by atoms with Crippen molar-refractivity contribution in [2.24, 2.45) is 4.99 Å². The van der Waals surface area contributed by atoms with E-state index in [1.165, 1.54) is 11.2 Å². The van der Waals surface area contributed by atoms with Crippen LogP contribution in [-0.2, 0) is 9.84 Å². The van der Waals surface area contributed by atoms with Crippen molar-refractivity contribution in [2.75, 3.05) is 25.9 Å². The molecule has 0 aliphatic heterocycles. The molecule has 5 nitrogen and oxygen atoms in total. The number of halogens is 1. The van der Waals surface area contributed by atoms with Gasteiger partial charge >= 0.3 is 0 Å². The van der Waals surface area contributed by atoms with E-state index in [4.69, 9.17) is 0 Å². The molecule has 0 radical (unpaired) electrons. The van der Waals surface area contributed by atoms with Gasteiger partial charge in [-0.2, -0.15) is 0 Å². The molecule has 0 aliphatic carbocycles. The van der Waals surface area contributed by atoms with E-state index < -0.39 is 14.6 Å². The molecule has 144 valence electrons. The fourth-order valence-corrected chi connectivity index (χ4v) is 2.99. The van der Waals surface area contributed by atoms with Crippen LogP contribution >= 0.6 is 35.7 Å². The summed E-state index contributed by atoms with van der Waals surface area (Å²) >= 11 is 1.79. The van der Waals surface area contributed by atoms with E-state index in [1.807, 2.05) is 25.1 Å². The zero-order valence-electron chi connectivity index (χ0n) is 15.6. The highest BCUT2D eigenvalue weighted by Crippen LogP contribution is 2.22. The van der Waals surface area contributed by atoms with Crippen molar-refractivity contribution < 1.29 is 8.42 Å². The summed E-state index contributed by atoms with van der Waals surface area (Å²) in [4.78, 5) is 5.67. The van der Waals surface area contributed by atoms with Crippen LogP contribution in [0, 0.1) is 0 Å². The Kier molecular flexibility index (Phi) is 11.1. The number of nitrogens with one attached hydrogen (secondary N) is 2. The van der Waals surface area contributed by atoms with Gasteiger partial charge in [-0.15, -0.1) is 35.7 Å². The van der Waals surface area contributed by atoms with E-state index in [-0.39, 0.29) is 30.5 Å². The second-order valence-electron chi connectivity index (χ2n) is 6.35. The smallest absolute Gasteiger partial charge is 0.191 e. The summed E-state index contributed by atoms with van der Waals surface area (Å²) in [7, 11) is -3.15. The Morgan fingerprint density at radius 1 is 1.24 bits per heavy atom. The predicted molar refractivity (Wildman–Crippen MR) is 120 cm³/mol. The van der Waals surface area contributed by atoms with E-state index in [1.54, 1.807) is 25.6 Å². The summed E-state index contributed by atoms with van der Waals surface area (Å²) in [5.74, 6) is 0.648. The fraction of sp³-hybridized carbons (Fsp3) is 0.588. The maximum atomic E-state index is 11.8. The highest BCUT2D eigenvalue weighted by molar-refractivity contribution is 14.0. The minimum Gasteiger partial charge on any atom is -0.357 e. The van der Waals surface area contributed by atoms with Gasteiger partial charge in [0, 0.05) is 29.5 Å². The lowest BCUT2D eigenvalue weighted by atomic mass is 10.2. The van der Waals surface area contributed by atoms with Crippen molar-refractivity contribution in [1.82, 2.24) is 10.6 Å². The first-order chi connectivity index (χ1) is 11.2. The van der Waals surface area contributed by atoms with Gasteiger partial charge in [0.2, 0.25) is 0 Å². The van der Waals surface area contributed by atoms with Gasteiger partial charge in [-0.05, 0) is 32.9 Å². The van der Waals surface area contributed by atoms with Crippen molar-refractivity contribution in [3.05, 3.63) is 30.3 Å². The number of hydrogen-bond donors (Lipinski definition) is 2. The van der Waals surface area contributed by atoms with E-state index in [9.17, 15) is 8.42 Å². The largest absolute Gasteiger partial charge is 0.357 e. The minimum atomic E-state index is -3.15. The first-order valence-corrected chi connectivity index (χ1v) is 10.9. The van der Waals surface area contributed by atoms with Crippen LogP contribution in [0.1, 0.15) is 27.7 Å². The van der Waals surface area contributed by atoms with Gasteiger partial charge in [0.15, 0.2) is 15.8 Å². The third-order valence-corrected chi connectivity index (χ3v) is 6.85. The van der Waals surface area contributed by atoms with E-state index >= 15 is 0 Å². The van der Waals surface area contributed by atoms with E-state index in [2.05, 4.69) is 34.7 Å². The molecule has 0 amide bonds. The zero-order chi connectivity index (χ0) is 18.2. The lowest BCUT2D eigenvalue weighted by molar-refractivity contribution is 0.554. The lowest BCUT2D eigenvalue weighted by Crippen LogP contribution is -2.42. The maximum Gasteiger partial charge on any atom is 0.191 e. The fourth-order valence-electron chi connectivity index (χ4n) is 1.74. The van der Waals surface area contributed by atoms with Crippen LogP contribution in [0.5, 0.6) is 0 Å². The van der Waals surface area contributed by atoms with Gasteiger partial charge in [0.1, 0.15) is 0 Å². The zero-order valence-corrected chi connectivity index (χ0v) is 19.5. The monoisotopic (exact) mass is 499 g/mol. The molecule has 8 heteroatoms. The molecule has 0 bridgehead atoms. The predicted octanol–water partition coefficient (Wildman–Crippen LogP) is 3.16. The first-order valence-electron chi connectivity index (χ1n) is 8.09. The molecule has 0 saturated heterocycles. The second-order valence-corrected chi connectivity index (χ2v) is 10.5. The molecule has 0 heterocycles. The molecule has 2 N–H and O–H groups in total. The number of hydrogen-bond acceptors (Lipinski definition) is 4. The standard InChI is InChI=1S/C17H29N3O2S2.HI/c1-6-18-16(20-13-17(3,4)24(5,21)22)19-12-14(2)23-15-10-8-7-9-11-15;/h7-11,14H,6,12-13H2,1-5H3,(H2,18,19,20);1H. The lowest BCUT2D eigenvalue weighted by Gasteiger charge is -2.21. The topological polar surface area (TPSA) is 70.6 Å². The van der Waals surface area contributed by atoms with Crippen LogP contribution in [-0.4, -0.2) is 50.3 Å². The Hall–Kier alpha value is -0.480. The van der Waals surface area contributed by atoms with Crippen molar-refractivity contribution in [1.29, 1.82) is 0 Å². The van der Waals surface area contributed by atoms with Crippen LogP contribution in [0.15, 0.2) is 40.2 Å². The van der Waals surface area contributed by atoms with Gasteiger partial charge in [-0.3, -0.25) is 4.99 Å². The number of rotatable bonds is 8. The molecule has 0 spiro atoms. The number of benzene rings is 1. The van der Waals surface area contributed by atoms with Gasteiger partial charge in [0.25, 0.3) is 0 Å². The number of aliphatic imine (C=N–C) groups is 1. The molecule has 1 aromatic carbocycles. The molecule has 25 heavy (non-hydrogen) atoms. The summed E-state index contributed by atoms with van der Waals surface area (Å²) in [6, 6.07) is 10.2. The SMILES string of the molecule is CCNC(=NCC(C)(C)S(C)(=O)=O)NCC(C)Sc1ccccc1.I. The molecule has 1 aromatic rings. The van der Waals surface area contributed by atoms with Crippen LogP contribution in [0.2, 0.25) is 0 Å². The Morgan fingerprint density at radius 3 is 2.36 bits per heavy atom. The Balaban J connectivity index is 0.00000576. The molecular weight excluding hydrogens is 469 g/mol. The van der Waals surface area contributed by atoms with Gasteiger partial charge in [-0.1, -0.05) is 25.1 Å². The number of nitrogens with zero attached hydrogens (tertiary/aromatic N) is 1. The molecule has 1 atom stereocenters. The third kappa shape index (κ3) is 9.14. The Bertz CT molecular complexity index is 635. The normalized spacial score (nSPS) is 13.7. The number of thioether (sulfide) groups is 1. The third-order valence-electron chi connectivity index (χ3n) is 3.60. The number of guanidine groups is 1. The quantitative estimate of drug-likeness (QED) is 0.249. The van der Waals surface area contributed by atoms with Gasteiger partial charge in [0.05, 0.1) is 11.3 Å². The van der Waals surface area contributed by atoms with Gasteiger partial charge < -0.3 is 10.6 Å². The molecule has 0 aliphatic rings. The molecule has 1 unspecified atom stereocenters. The molecule has 1 rings (SSSR count). The van der Waals surface area contributed by atoms with Crippen molar-refractivity contribution >= 4 is 51.5 Å². The maximum absolute atomic E-state index is 11.8. The summed E-state index contributed by atoms with van der Waals surface area (Å²) < 4.78 is 22.7.